The zero-order chi connectivity index (χ0) is 14.5. The Morgan fingerprint density at radius 3 is 2.76 bits per heavy atom. The molecule has 1 unspecified atom stereocenters. The van der Waals surface area contributed by atoms with E-state index >= 15 is 0 Å². The van der Waals surface area contributed by atoms with Crippen molar-refractivity contribution in [3.05, 3.63) is 48.3 Å². The van der Waals surface area contributed by atoms with Gasteiger partial charge in [-0.2, -0.15) is 0 Å². The molecular weight excluding hydrogens is 269 g/mol. The van der Waals surface area contributed by atoms with E-state index in [0.717, 1.165) is 25.3 Å². The second-order valence-corrected chi connectivity index (χ2v) is 5.28. The van der Waals surface area contributed by atoms with Crippen LogP contribution >= 0.6 is 0 Å². The second-order valence-electron chi connectivity index (χ2n) is 5.28. The molecule has 1 aliphatic rings. The third-order valence-corrected chi connectivity index (χ3v) is 3.62. The van der Waals surface area contributed by atoms with E-state index in [0.29, 0.717) is 11.7 Å². The van der Waals surface area contributed by atoms with Gasteiger partial charge in [0.05, 0.1) is 12.4 Å². The summed E-state index contributed by atoms with van der Waals surface area (Å²) < 4.78 is 18.9. The summed E-state index contributed by atoms with van der Waals surface area (Å²) >= 11 is 0. The molecule has 21 heavy (non-hydrogen) atoms. The van der Waals surface area contributed by atoms with Gasteiger partial charge in [0.2, 0.25) is 0 Å². The van der Waals surface area contributed by atoms with Crippen molar-refractivity contribution in [3.8, 4) is 11.5 Å². The number of benzene rings is 1. The third kappa shape index (κ3) is 3.76. The molecule has 5 heteroatoms. The molecule has 1 aromatic heterocycles. The predicted octanol–water partition coefficient (Wildman–Crippen LogP) is 2.95. The number of nitrogens with one attached hydrogen (secondary N) is 1. The minimum absolute atomic E-state index is 0.185. The summed E-state index contributed by atoms with van der Waals surface area (Å²) in [6.07, 6.45) is 6.49. The molecule has 4 nitrogen and oxygen atoms in total. The Kier molecular flexibility index (Phi) is 4.40. The number of ether oxygens (including phenoxy) is 1. The molecule has 110 valence electrons. The van der Waals surface area contributed by atoms with Crippen molar-refractivity contribution >= 4 is 0 Å². The third-order valence-electron chi connectivity index (χ3n) is 3.62. The number of para-hydroxylation sites is 1. The van der Waals surface area contributed by atoms with Gasteiger partial charge in [0.15, 0.2) is 17.3 Å². The maximum Gasteiger partial charge on any atom is 0.165 e. The lowest BCUT2D eigenvalue weighted by Crippen LogP contribution is -2.31. The molecule has 0 bridgehead atoms. The number of hydrogen-bond donors (Lipinski definition) is 1. The Hall–Kier alpha value is -2.01. The van der Waals surface area contributed by atoms with Crippen LogP contribution in [0.4, 0.5) is 4.39 Å². The molecule has 1 saturated heterocycles. The van der Waals surface area contributed by atoms with Crippen molar-refractivity contribution in [2.24, 2.45) is 5.92 Å². The monoisotopic (exact) mass is 287 g/mol. The standard InChI is InChI=1S/C16H18FN3O/c17-14-5-1-2-6-15(14)21-13-10-19-16(20-11-13)8-12-4-3-7-18-9-12/h1-2,5-6,10-12,18H,3-4,7-9H2. The molecule has 1 fully saturated rings. The number of nitrogens with zero attached hydrogens (tertiary/aromatic N) is 2. The molecule has 0 amide bonds. The Balaban J connectivity index is 1.62. The van der Waals surface area contributed by atoms with Crippen molar-refractivity contribution < 1.29 is 9.13 Å². The van der Waals surface area contributed by atoms with Crippen LogP contribution in [0, 0.1) is 11.7 Å². The van der Waals surface area contributed by atoms with Crippen molar-refractivity contribution in [2.45, 2.75) is 19.3 Å². The lowest BCUT2D eigenvalue weighted by molar-refractivity contribution is 0.369. The zero-order valence-electron chi connectivity index (χ0n) is 11.8. The molecule has 1 N–H and O–H groups in total. The first-order valence-corrected chi connectivity index (χ1v) is 7.25. The normalized spacial score (nSPS) is 18.4. The lowest BCUT2D eigenvalue weighted by atomic mass is 9.96. The summed E-state index contributed by atoms with van der Waals surface area (Å²) in [7, 11) is 0. The second kappa shape index (κ2) is 6.63. The fourth-order valence-corrected chi connectivity index (χ4v) is 2.51. The van der Waals surface area contributed by atoms with Crippen LogP contribution in [0.5, 0.6) is 11.5 Å². The van der Waals surface area contributed by atoms with E-state index < -0.39 is 5.82 Å². The average Bonchev–Trinajstić information content (AvgIpc) is 2.52. The van der Waals surface area contributed by atoms with Crippen LogP contribution in [0.3, 0.4) is 0 Å². The summed E-state index contributed by atoms with van der Waals surface area (Å²) in [5.74, 6) is 1.65. The van der Waals surface area contributed by atoms with Gasteiger partial charge in [0.1, 0.15) is 5.82 Å². The van der Waals surface area contributed by atoms with Gasteiger partial charge in [-0.05, 0) is 44.0 Å². The van der Waals surface area contributed by atoms with E-state index in [9.17, 15) is 4.39 Å². The Morgan fingerprint density at radius 1 is 1.24 bits per heavy atom. The van der Waals surface area contributed by atoms with E-state index in [1.54, 1.807) is 30.6 Å². The first-order valence-electron chi connectivity index (χ1n) is 7.25. The molecule has 0 radical (unpaired) electrons. The van der Waals surface area contributed by atoms with Crippen LogP contribution in [0.1, 0.15) is 18.7 Å². The van der Waals surface area contributed by atoms with Gasteiger partial charge in [-0.15, -0.1) is 0 Å². The van der Waals surface area contributed by atoms with Crippen LogP contribution in [-0.4, -0.2) is 23.1 Å². The summed E-state index contributed by atoms with van der Waals surface area (Å²) in [5.41, 5.74) is 0. The van der Waals surface area contributed by atoms with Gasteiger partial charge in [-0.3, -0.25) is 0 Å². The fraction of sp³-hybridized carbons (Fsp3) is 0.375. The first kappa shape index (κ1) is 13.9. The van der Waals surface area contributed by atoms with Gasteiger partial charge in [0, 0.05) is 6.42 Å². The number of aromatic nitrogens is 2. The van der Waals surface area contributed by atoms with Crippen molar-refractivity contribution in [1.82, 2.24) is 15.3 Å². The Bertz CT molecular complexity index is 582. The van der Waals surface area contributed by atoms with Crippen molar-refractivity contribution in [2.75, 3.05) is 13.1 Å². The molecule has 1 atom stereocenters. The topological polar surface area (TPSA) is 47.0 Å². The number of hydrogen-bond acceptors (Lipinski definition) is 4. The Labute approximate surface area is 123 Å². The highest BCUT2D eigenvalue weighted by molar-refractivity contribution is 5.29. The summed E-state index contributed by atoms with van der Waals surface area (Å²) in [5, 5.41) is 3.38. The number of halogens is 1. The van der Waals surface area contributed by atoms with Crippen LogP contribution in [0.2, 0.25) is 0 Å². The number of rotatable bonds is 4. The highest BCUT2D eigenvalue weighted by Crippen LogP contribution is 2.23. The summed E-state index contributed by atoms with van der Waals surface area (Å²) in [6, 6.07) is 6.29. The van der Waals surface area contributed by atoms with E-state index in [4.69, 9.17) is 4.74 Å². The van der Waals surface area contributed by atoms with E-state index in [2.05, 4.69) is 15.3 Å². The highest BCUT2D eigenvalue weighted by atomic mass is 19.1. The first-order chi connectivity index (χ1) is 10.3. The minimum Gasteiger partial charge on any atom is -0.451 e. The van der Waals surface area contributed by atoms with Crippen LogP contribution in [0.15, 0.2) is 36.7 Å². The highest BCUT2D eigenvalue weighted by Gasteiger charge is 2.15. The molecule has 0 saturated carbocycles. The van der Waals surface area contributed by atoms with Gasteiger partial charge in [-0.1, -0.05) is 12.1 Å². The van der Waals surface area contributed by atoms with Crippen LogP contribution in [-0.2, 0) is 6.42 Å². The van der Waals surface area contributed by atoms with Gasteiger partial charge < -0.3 is 10.1 Å². The van der Waals surface area contributed by atoms with Gasteiger partial charge >= 0.3 is 0 Å². The van der Waals surface area contributed by atoms with Crippen LogP contribution < -0.4 is 10.1 Å². The fourth-order valence-electron chi connectivity index (χ4n) is 2.51. The summed E-state index contributed by atoms with van der Waals surface area (Å²) in [4.78, 5) is 8.62. The maximum absolute atomic E-state index is 13.5. The molecule has 0 spiro atoms. The molecule has 1 aromatic carbocycles. The Morgan fingerprint density at radius 2 is 2.05 bits per heavy atom. The van der Waals surface area contributed by atoms with Crippen molar-refractivity contribution in [3.63, 3.8) is 0 Å². The minimum atomic E-state index is -0.394. The molecular formula is C16H18FN3O. The molecule has 1 aliphatic heterocycles. The smallest absolute Gasteiger partial charge is 0.165 e. The summed E-state index contributed by atoms with van der Waals surface area (Å²) in [6.45, 7) is 2.13. The van der Waals surface area contributed by atoms with E-state index in [1.807, 2.05) is 0 Å². The van der Waals surface area contributed by atoms with Gasteiger partial charge in [0.25, 0.3) is 0 Å². The quantitative estimate of drug-likeness (QED) is 0.939. The van der Waals surface area contributed by atoms with Gasteiger partial charge in [-0.25, -0.2) is 14.4 Å². The zero-order valence-corrected chi connectivity index (χ0v) is 11.8. The van der Waals surface area contributed by atoms with E-state index in [1.165, 1.54) is 18.9 Å². The number of piperidine rings is 1. The average molecular weight is 287 g/mol. The predicted molar refractivity (Wildman–Crippen MR) is 77.8 cm³/mol. The molecule has 0 aliphatic carbocycles. The molecule has 2 aromatic rings. The molecule has 2 heterocycles. The van der Waals surface area contributed by atoms with Crippen molar-refractivity contribution in [1.29, 1.82) is 0 Å². The van der Waals surface area contributed by atoms with Crippen LogP contribution in [0.25, 0.3) is 0 Å². The van der Waals surface area contributed by atoms with E-state index in [-0.39, 0.29) is 5.75 Å². The SMILES string of the molecule is Fc1ccccc1Oc1cnc(CC2CCCNC2)nc1. The maximum atomic E-state index is 13.5. The largest absolute Gasteiger partial charge is 0.451 e. The lowest BCUT2D eigenvalue weighted by Gasteiger charge is -2.21. The molecule has 3 rings (SSSR count).